The van der Waals surface area contributed by atoms with Gasteiger partial charge < -0.3 is 10.1 Å². The Hall–Kier alpha value is -2.46. The lowest BCUT2D eigenvalue weighted by Gasteiger charge is -2.10. The molecule has 4 rings (SSSR count). The molecule has 0 radical (unpaired) electrons. The van der Waals surface area contributed by atoms with E-state index in [1.807, 2.05) is 0 Å². The normalized spacial score (nSPS) is 14.5. The monoisotopic (exact) mass is 417 g/mol. The van der Waals surface area contributed by atoms with Crippen LogP contribution in [0.25, 0.3) is 16.2 Å². The van der Waals surface area contributed by atoms with Gasteiger partial charge in [0.1, 0.15) is 5.75 Å². The molecule has 0 aliphatic heterocycles. The van der Waals surface area contributed by atoms with Crippen LogP contribution >= 0.6 is 23.1 Å². The zero-order chi connectivity index (χ0) is 19.5. The highest BCUT2D eigenvalue weighted by Gasteiger charge is 2.18. The molecule has 1 aliphatic carbocycles. The fourth-order valence-electron chi connectivity index (χ4n) is 3.15. The van der Waals surface area contributed by atoms with Crippen molar-refractivity contribution in [2.24, 2.45) is 0 Å². The van der Waals surface area contributed by atoms with E-state index in [-0.39, 0.29) is 22.9 Å². The second kappa shape index (κ2) is 8.27. The standard InChI is InChI=1S/C18H19N5O3S2/c1-26-13-8-6-11(7-9-13)15-16(25)23-17(21-20-15)28-18(22-23)27-10-14(24)19-12-4-2-3-5-12/h6-9,12H,2-5,10H2,1H3,(H,19,24). The van der Waals surface area contributed by atoms with Gasteiger partial charge in [0, 0.05) is 11.6 Å². The summed E-state index contributed by atoms with van der Waals surface area (Å²) in [6.07, 6.45) is 4.45. The summed E-state index contributed by atoms with van der Waals surface area (Å²) in [5.74, 6) is 0.957. The number of ether oxygens (including phenoxy) is 1. The molecule has 0 saturated heterocycles. The summed E-state index contributed by atoms with van der Waals surface area (Å²) in [5.41, 5.74) is 0.528. The molecule has 0 unspecified atom stereocenters. The summed E-state index contributed by atoms with van der Waals surface area (Å²) < 4.78 is 6.99. The fourth-order valence-corrected chi connectivity index (χ4v) is 4.84. The van der Waals surface area contributed by atoms with Gasteiger partial charge in [-0.05, 0) is 37.1 Å². The van der Waals surface area contributed by atoms with Crippen LogP contribution in [0.1, 0.15) is 25.7 Å². The van der Waals surface area contributed by atoms with E-state index in [0.717, 1.165) is 12.8 Å². The number of rotatable bonds is 6. The number of nitrogens with zero attached hydrogens (tertiary/aromatic N) is 4. The van der Waals surface area contributed by atoms with Crippen molar-refractivity contribution >= 4 is 34.0 Å². The van der Waals surface area contributed by atoms with E-state index in [4.69, 9.17) is 4.74 Å². The van der Waals surface area contributed by atoms with E-state index < -0.39 is 0 Å². The molecule has 10 heteroatoms. The second-order valence-corrected chi connectivity index (χ2v) is 8.66. The predicted molar refractivity (Wildman–Crippen MR) is 108 cm³/mol. The van der Waals surface area contributed by atoms with E-state index in [1.54, 1.807) is 31.4 Å². The van der Waals surface area contributed by atoms with Crippen LogP contribution in [0.15, 0.2) is 33.4 Å². The number of hydrogen-bond acceptors (Lipinski definition) is 8. The Kier molecular flexibility index (Phi) is 5.58. The van der Waals surface area contributed by atoms with Gasteiger partial charge in [-0.15, -0.1) is 15.3 Å². The quantitative estimate of drug-likeness (QED) is 0.615. The van der Waals surface area contributed by atoms with E-state index in [9.17, 15) is 9.59 Å². The smallest absolute Gasteiger partial charge is 0.302 e. The zero-order valence-electron chi connectivity index (χ0n) is 15.3. The maximum atomic E-state index is 12.7. The van der Waals surface area contributed by atoms with Gasteiger partial charge in [0.25, 0.3) is 0 Å². The van der Waals surface area contributed by atoms with Gasteiger partial charge in [0.15, 0.2) is 10.0 Å². The fraction of sp³-hybridized carbons (Fsp3) is 0.389. The molecule has 0 spiro atoms. The molecule has 28 heavy (non-hydrogen) atoms. The molecular formula is C18H19N5O3S2. The number of amides is 1. The molecule has 1 amide bonds. The molecule has 2 heterocycles. The molecule has 1 aromatic carbocycles. The number of carbonyl (C=O) groups is 1. The summed E-state index contributed by atoms with van der Waals surface area (Å²) >= 11 is 2.55. The first-order chi connectivity index (χ1) is 13.6. The SMILES string of the molecule is COc1ccc(-c2nnc3sc(SCC(=O)NC4CCCC4)nn3c2=O)cc1. The number of fused-ring (bicyclic) bond motifs is 1. The average molecular weight is 418 g/mol. The van der Waals surface area contributed by atoms with Crippen LogP contribution in [0.4, 0.5) is 0 Å². The third-order valence-corrected chi connectivity index (χ3v) is 6.61. The van der Waals surface area contributed by atoms with Crippen molar-refractivity contribution in [2.45, 2.75) is 36.1 Å². The summed E-state index contributed by atoms with van der Waals surface area (Å²) in [6, 6.07) is 7.33. The van der Waals surface area contributed by atoms with Crippen LogP contribution in [-0.4, -0.2) is 44.6 Å². The van der Waals surface area contributed by atoms with Gasteiger partial charge in [-0.25, -0.2) is 0 Å². The molecular weight excluding hydrogens is 398 g/mol. The van der Waals surface area contributed by atoms with Crippen LogP contribution in [0.2, 0.25) is 0 Å². The van der Waals surface area contributed by atoms with Crippen molar-refractivity contribution in [1.82, 2.24) is 25.1 Å². The lowest BCUT2D eigenvalue weighted by atomic mass is 10.1. The molecule has 146 valence electrons. The molecule has 2 aromatic heterocycles. The molecule has 0 atom stereocenters. The van der Waals surface area contributed by atoms with Gasteiger partial charge in [0.05, 0.1) is 12.9 Å². The Morgan fingerprint density at radius 2 is 2.04 bits per heavy atom. The number of benzene rings is 1. The highest BCUT2D eigenvalue weighted by molar-refractivity contribution is 8.01. The average Bonchev–Trinajstić information content (AvgIpc) is 3.37. The minimum Gasteiger partial charge on any atom is -0.497 e. The Morgan fingerprint density at radius 3 is 2.75 bits per heavy atom. The Labute approximate surface area is 169 Å². The van der Waals surface area contributed by atoms with Crippen LogP contribution in [0.5, 0.6) is 5.75 Å². The third kappa shape index (κ3) is 4.02. The van der Waals surface area contributed by atoms with Gasteiger partial charge in [-0.1, -0.05) is 35.9 Å². The van der Waals surface area contributed by atoms with E-state index in [0.29, 0.717) is 26.7 Å². The zero-order valence-corrected chi connectivity index (χ0v) is 16.9. The Bertz CT molecular complexity index is 1040. The van der Waals surface area contributed by atoms with Crippen LogP contribution < -0.4 is 15.6 Å². The van der Waals surface area contributed by atoms with Crippen molar-refractivity contribution < 1.29 is 9.53 Å². The maximum absolute atomic E-state index is 12.7. The molecule has 1 saturated carbocycles. The van der Waals surface area contributed by atoms with E-state index >= 15 is 0 Å². The molecule has 3 aromatic rings. The first kappa shape index (κ1) is 18.9. The van der Waals surface area contributed by atoms with Crippen LogP contribution in [-0.2, 0) is 4.79 Å². The first-order valence-corrected chi connectivity index (χ1v) is 10.8. The Balaban J connectivity index is 1.49. The molecule has 0 bridgehead atoms. The van der Waals surface area contributed by atoms with E-state index in [2.05, 4.69) is 20.6 Å². The van der Waals surface area contributed by atoms with E-state index in [1.165, 1.54) is 40.5 Å². The molecule has 1 aliphatic rings. The van der Waals surface area contributed by atoms with Gasteiger partial charge in [-0.2, -0.15) is 4.52 Å². The first-order valence-electron chi connectivity index (χ1n) is 8.97. The van der Waals surface area contributed by atoms with Crippen molar-refractivity contribution in [3.05, 3.63) is 34.6 Å². The number of carbonyl (C=O) groups excluding carboxylic acids is 1. The van der Waals surface area contributed by atoms with Crippen molar-refractivity contribution in [2.75, 3.05) is 12.9 Å². The Morgan fingerprint density at radius 1 is 1.29 bits per heavy atom. The largest absolute Gasteiger partial charge is 0.497 e. The molecule has 8 nitrogen and oxygen atoms in total. The van der Waals surface area contributed by atoms with Gasteiger partial charge in [0.2, 0.25) is 10.9 Å². The van der Waals surface area contributed by atoms with Crippen molar-refractivity contribution in [3.63, 3.8) is 0 Å². The highest BCUT2D eigenvalue weighted by atomic mass is 32.2. The number of thioether (sulfide) groups is 1. The minimum atomic E-state index is -0.339. The van der Waals surface area contributed by atoms with Gasteiger partial charge in [-0.3, -0.25) is 9.59 Å². The number of methoxy groups -OCH3 is 1. The second-order valence-electron chi connectivity index (χ2n) is 6.48. The minimum absolute atomic E-state index is 0.00601. The molecule has 1 N–H and O–H groups in total. The van der Waals surface area contributed by atoms with Crippen LogP contribution in [0.3, 0.4) is 0 Å². The van der Waals surface area contributed by atoms with Crippen molar-refractivity contribution in [3.8, 4) is 17.0 Å². The van der Waals surface area contributed by atoms with Crippen LogP contribution in [0, 0.1) is 0 Å². The lowest BCUT2D eigenvalue weighted by molar-refractivity contribution is -0.119. The van der Waals surface area contributed by atoms with Crippen molar-refractivity contribution in [1.29, 1.82) is 0 Å². The maximum Gasteiger partial charge on any atom is 0.302 e. The summed E-state index contributed by atoms with van der Waals surface area (Å²) in [6.45, 7) is 0. The third-order valence-electron chi connectivity index (χ3n) is 4.58. The molecule has 1 fully saturated rings. The lowest BCUT2D eigenvalue weighted by Crippen LogP contribution is -2.33. The predicted octanol–water partition coefficient (Wildman–Crippen LogP) is 2.37. The summed E-state index contributed by atoms with van der Waals surface area (Å²) in [5, 5.41) is 15.5. The summed E-state index contributed by atoms with van der Waals surface area (Å²) in [4.78, 5) is 25.2. The highest BCUT2D eigenvalue weighted by Crippen LogP contribution is 2.24. The summed E-state index contributed by atoms with van der Waals surface area (Å²) in [7, 11) is 1.58. The number of aromatic nitrogens is 4. The number of nitrogens with one attached hydrogen (secondary N) is 1. The topological polar surface area (TPSA) is 98.5 Å². The van der Waals surface area contributed by atoms with Gasteiger partial charge >= 0.3 is 5.56 Å². The number of hydrogen-bond donors (Lipinski definition) is 1.